The first-order chi connectivity index (χ1) is 7.15. The lowest BCUT2D eigenvalue weighted by Crippen LogP contribution is -2.15. The van der Waals surface area contributed by atoms with Gasteiger partial charge in [0, 0.05) is 10.9 Å². The van der Waals surface area contributed by atoms with E-state index in [4.69, 9.17) is 0 Å². The summed E-state index contributed by atoms with van der Waals surface area (Å²) in [5.41, 5.74) is 1.01. The summed E-state index contributed by atoms with van der Waals surface area (Å²) in [6, 6.07) is 7.60. The van der Waals surface area contributed by atoms with Crippen LogP contribution in [-0.2, 0) is 20.7 Å². The SMILES string of the molecule is COC(=O)C(=O)CCc1ccccc1Br. The second-order valence-electron chi connectivity index (χ2n) is 3.01. The summed E-state index contributed by atoms with van der Waals surface area (Å²) in [7, 11) is 1.21. The van der Waals surface area contributed by atoms with Crippen molar-refractivity contribution in [2.24, 2.45) is 0 Å². The van der Waals surface area contributed by atoms with Gasteiger partial charge in [-0.25, -0.2) is 4.79 Å². The molecule has 0 saturated heterocycles. The largest absolute Gasteiger partial charge is 0.463 e. The number of hydrogen-bond donors (Lipinski definition) is 0. The molecule has 0 N–H and O–H groups in total. The third-order valence-electron chi connectivity index (χ3n) is 1.99. The normalized spacial score (nSPS) is 9.73. The molecule has 0 aliphatic heterocycles. The Morgan fingerprint density at radius 1 is 1.33 bits per heavy atom. The molecule has 3 nitrogen and oxygen atoms in total. The number of ether oxygens (including phenoxy) is 1. The topological polar surface area (TPSA) is 43.4 Å². The van der Waals surface area contributed by atoms with Gasteiger partial charge in [-0.1, -0.05) is 34.1 Å². The molecule has 80 valence electrons. The third kappa shape index (κ3) is 3.47. The number of halogens is 1. The summed E-state index contributed by atoms with van der Waals surface area (Å²) >= 11 is 3.37. The van der Waals surface area contributed by atoms with E-state index in [0.717, 1.165) is 10.0 Å². The number of ketones is 1. The molecule has 1 aromatic rings. The lowest BCUT2D eigenvalue weighted by atomic mass is 10.1. The highest BCUT2D eigenvalue weighted by atomic mass is 79.9. The number of carbonyl (C=O) groups is 2. The van der Waals surface area contributed by atoms with Gasteiger partial charge in [-0.15, -0.1) is 0 Å². The van der Waals surface area contributed by atoms with E-state index < -0.39 is 11.8 Å². The second-order valence-corrected chi connectivity index (χ2v) is 3.86. The molecule has 0 aromatic heterocycles. The first-order valence-electron chi connectivity index (χ1n) is 4.49. The number of carbonyl (C=O) groups excluding carboxylic acids is 2. The monoisotopic (exact) mass is 270 g/mol. The van der Waals surface area contributed by atoms with Crippen molar-refractivity contribution in [1.82, 2.24) is 0 Å². The average Bonchev–Trinajstić information content (AvgIpc) is 2.26. The summed E-state index contributed by atoms with van der Waals surface area (Å²) in [6.45, 7) is 0. The van der Waals surface area contributed by atoms with Crippen LogP contribution in [0.2, 0.25) is 0 Å². The smallest absolute Gasteiger partial charge is 0.374 e. The maximum absolute atomic E-state index is 11.2. The molecule has 0 aliphatic rings. The Balaban J connectivity index is 2.54. The van der Waals surface area contributed by atoms with Crippen LogP contribution in [0, 0.1) is 0 Å². The molecule has 0 amide bonds. The Labute approximate surface area is 96.6 Å². The molecule has 0 bridgehead atoms. The quantitative estimate of drug-likeness (QED) is 0.622. The van der Waals surface area contributed by atoms with Crippen LogP contribution in [0.25, 0.3) is 0 Å². The number of aryl methyl sites for hydroxylation is 1. The molecule has 0 radical (unpaired) electrons. The molecule has 1 rings (SSSR count). The van der Waals surface area contributed by atoms with E-state index in [9.17, 15) is 9.59 Å². The zero-order chi connectivity index (χ0) is 11.3. The minimum absolute atomic E-state index is 0.176. The molecule has 0 unspecified atom stereocenters. The van der Waals surface area contributed by atoms with Gasteiger partial charge in [-0.05, 0) is 18.1 Å². The summed E-state index contributed by atoms with van der Waals surface area (Å²) in [5, 5.41) is 0. The first kappa shape index (κ1) is 11.9. The standard InChI is InChI=1S/C11H11BrO3/c1-15-11(14)10(13)7-6-8-4-2-3-5-9(8)12/h2-5H,6-7H2,1H3. The predicted molar refractivity (Wildman–Crippen MR) is 59.5 cm³/mol. The molecule has 0 saturated carbocycles. The van der Waals surface area contributed by atoms with Gasteiger partial charge in [0.15, 0.2) is 0 Å². The maximum Gasteiger partial charge on any atom is 0.374 e. The number of benzene rings is 1. The molecule has 1 aromatic carbocycles. The minimum Gasteiger partial charge on any atom is -0.463 e. The number of Topliss-reactive ketones (excluding diaryl/α,β-unsaturated/α-hetero) is 1. The Hall–Kier alpha value is -1.16. The van der Waals surface area contributed by atoms with E-state index in [2.05, 4.69) is 20.7 Å². The fourth-order valence-corrected chi connectivity index (χ4v) is 1.65. The van der Waals surface area contributed by atoms with Gasteiger partial charge in [0.2, 0.25) is 5.78 Å². The Bertz CT molecular complexity index is 374. The van der Waals surface area contributed by atoms with Crippen molar-refractivity contribution in [1.29, 1.82) is 0 Å². The van der Waals surface area contributed by atoms with Crippen molar-refractivity contribution < 1.29 is 14.3 Å². The summed E-state index contributed by atoms with van der Waals surface area (Å²) in [6.07, 6.45) is 0.713. The van der Waals surface area contributed by atoms with E-state index in [-0.39, 0.29) is 6.42 Å². The van der Waals surface area contributed by atoms with E-state index in [1.807, 2.05) is 24.3 Å². The summed E-state index contributed by atoms with van der Waals surface area (Å²) in [5.74, 6) is -1.27. The zero-order valence-electron chi connectivity index (χ0n) is 8.33. The van der Waals surface area contributed by atoms with Gasteiger partial charge in [0.25, 0.3) is 0 Å². The minimum atomic E-state index is -0.776. The molecular formula is C11H11BrO3. The molecule has 15 heavy (non-hydrogen) atoms. The van der Waals surface area contributed by atoms with Gasteiger partial charge in [-0.3, -0.25) is 4.79 Å². The van der Waals surface area contributed by atoms with Gasteiger partial charge < -0.3 is 4.74 Å². The number of rotatable bonds is 4. The van der Waals surface area contributed by atoms with Gasteiger partial charge in [-0.2, -0.15) is 0 Å². The molecular weight excluding hydrogens is 260 g/mol. The highest BCUT2D eigenvalue weighted by Crippen LogP contribution is 2.17. The Morgan fingerprint density at radius 3 is 2.60 bits per heavy atom. The zero-order valence-corrected chi connectivity index (χ0v) is 9.91. The van der Waals surface area contributed by atoms with Crippen LogP contribution in [0.1, 0.15) is 12.0 Å². The highest BCUT2D eigenvalue weighted by molar-refractivity contribution is 9.10. The van der Waals surface area contributed by atoms with Crippen molar-refractivity contribution in [2.45, 2.75) is 12.8 Å². The molecule has 4 heteroatoms. The van der Waals surface area contributed by atoms with Crippen LogP contribution in [0.15, 0.2) is 28.7 Å². The van der Waals surface area contributed by atoms with Crippen LogP contribution in [-0.4, -0.2) is 18.9 Å². The number of methoxy groups -OCH3 is 1. The van der Waals surface area contributed by atoms with Gasteiger partial charge in [0.1, 0.15) is 0 Å². The van der Waals surface area contributed by atoms with E-state index in [0.29, 0.717) is 6.42 Å². The maximum atomic E-state index is 11.2. The van der Waals surface area contributed by atoms with Crippen molar-refractivity contribution in [3.8, 4) is 0 Å². The molecule has 0 spiro atoms. The van der Waals surface area contributed by atoms with Crippen molar-refractivity contribution >= 4 is 27.7 Å². The molecule has 0 atom stereocenters. The molecule has 0 fully saturated rings. The fourth-order valence-electron chi connectivity index (χ4n) is 1.17. The van der Waals surface area contributed by atoms with Crippen LogP contribution in [0.4, 0.5) is 0 Å². The number of hydrogen-bond acceptors (Lipinski definition) is 3. The lowest BCUT2D eigenvalue weighted by Gasteiger charge is -2.02. The molecule has 0 heterocycles. The van der Waals surface area contributed by atoms with Crippen LogP contribution in [0.3, 0.4) is 0 Å². The Morgan fingerprint density at radius 2 is 2.00 bits per heavy atom. The van der Waals surface area contributed by atoms with Crippen LogP contribution < -0.4 is 0 Å². The van der Waals surface area contributed by atoms with Gasteiger partial charge in [0.05, 0.1) is 7.11 Å². The summed E-state index contributed by atoms with van der Waals surface area (Å²) < 4.78 is 5.28. The first-order valence-corrected chi connectivity index (χ1v) is 5.29. The number of esters is 1. The van der Waals surface area contributed by atoms with Crippen molar-refractivity contribution in [2.75, 3.05) is 7.11 Å². The van der Waals surface area contributed by atoms with Crippen molar-refractivity contribution in [3.63, 3.8) is 0 Å². The second kappa shape index (κ2) is 5.66. The van der Waals surface area contributed by atoms with E-state index >= 15 is 0 Å². The van der Waals surface area contributed by atoms with Crippen LogP contribution in [0.5, 0.6) is 0 Å². The lowest BCUT2D eigenvalue weighted by molar-refractivity contribution is -0.151. The third-order valence-corrected chi connectivity index (χ3v) is 2.77. The van der Waals surface area contributed by atoms with Crippen LogP contribution >= 0.6 is 15.9 Å². The molecule has 0 aliphatic carbocycles. The van der Waals surface area contributed by atoms with Crippen molar-refractivity contribution in [3.05, 3.63) is 34.3 Å². The Kier molecular flexibility index (Phi) is 4.49. The predicted octanol–water partition coefficient (Wildman–Crippen LogP) is 2.12. The van der Waals surface area contributed by atoms with Gasteiger partial charge >= 0.3 is 5.97 Å². The average molecular weight is 271 g/mol. The summed E-state index contributed by atoms with van der Waals surface area (Å²) in [4.78, 5) is 22.0. The van der Waals surface area contributed by atoms with E-state index in [1.54, 1.807) is 0 Å². The highest BCUT2D eigenvalue weighted by Gasteiger charge is 2.13. The van der Waals surface area contributed by atoms with E-state index in [1.165, 1.54) is 7.11 Å². The fraction of sp³-hybridized carbons (Fsp3) is 0.273.